The largest absolute Gasteiger partial charge is 0.507 e. The van der Waals surface area contributed by atoms with E-state index in [9.17, 15) is 10.2 Å². The van der Waals surface area contributed by atoms with Crippen LogP contribution < -0.4 is 0 Å². The molecule has 0 amide bonds. The summed E-state index contributed by atoms with van der Waals surface area (Å²) in [5.74, 6) is 3.33. The van der Waals surface area contributed by atoms with Gasteiger partial charge >= 0.3 is 0 Å². The van der Waals surface area contributed by atoms with Crippen LogP contribution >= 0.6 is 0 Å². The van der Waals surface area contributed by atoms with Gasteiger partial charge in [-0.3, -0.25) is 9.98 Å². The highest BCUT2D eigenvalue weighted by atomic mass is 16.3. The van der Waals surface area contributed by atoms with Gasteiger partial charge in [-0.2, -0.15) is 0 Å². The van der Waals surface area contributed by atoms with Crippen LogP contribution in [-0.4, -0.2) is 34.7 Å². The number of aryl methyl sites for hydroxylation is 4. The van der Waals surface area contributed by atoms with Crippen molar-refractivity contribution in [3.63, 3.8) is 0 Å². The highest BCUT2D eigenvalue weighted by Crippen LogP contribution is 2.30. The van der Waals surface area contributed by atoms with E-state index in [1.54, 1.807) is 0 Å². The molecule has 0 heterocycles. The molecule has 0 unspecified atom stereocenters. The minimum absolute atomic E-state index is 0.259. The number of rotatable bonds is 16. The molecule has 244 valence electrons. The Kier molecular flexibility index (Phi) is 14.5. The molecule has 1 saturated carbocycles. The van der Waals surface area contributed by atoms with E-state index in [0.29, 0.717) is 35.2 Å². The standard InChI is InChI=1S/C40H62N2O2/c1-27(2)9-13-31-21-33(15-11-29(5)6)39(43)35(23-31)25-41-37-17-19-38(20-18-37)42-26-36-24-32(14-10-28(3)4)22-34(40(36)44)16-12-30(7)8/h21-30,37-38,43-44H,9-20H2,1-8H3. The Morgan fingerprint density at radius 2 is 0.864 bits per heavy atom. The van der Waals surface area contributed by atoms with Crippen molar-refractivity contribution in [2.75, 3.05) is 0 Å². The molecule has 1 aliphatic rings. The number of hydrogen-bond acceptors (Lipinski definition) is 4. The van der Waals surface area contributed by atoms with Crippen molar-refractivity contribution in [1.29, 1.82) is 0 Å². The molecule has 4 heteroatoms. The van der Waals surface area contributed by atoms with Crippen LogP contribution in [0, 0.1) is 23.7 Å². The second-order valence-corrected chi connectivity index (χ2v) is 15.1. The predicted molar refractivity (Wildman–Crippen MR) is 190 cm³/mol. The smallest absolute Gasteiger partial charge is 0.127 e. The van der Waals surface area contributed by atoms with E-state index in [4.69, 9.17) is 9.98 Å². The molecule has 2 N–H and O–H groups in total. The monoisotopic (exact) mass is 602 g/mol. The fourth-order valence-corrected chi connectivity index (χ4v) is 5.97. The molecule has 1 fully saturated rings. The number of hydrogen-bond donors (Lipinski definition) is 2. The zero-order valence-electron chi connectivity index (χ0n) is 29.2. The van der Waals surface area contributed by atoms with Crippen LogP contribution in [0.15, 0.2) is 34.3 Å². The molecule has 0 aliphatic heterocycles. The number of benzene rings is 2. The Hall–Kier alpha value is -2.62. The summed E-state index contributed by atoms with van der Waals surface area (Å²) in [7, 11) is 0. The Bertz CT molecular complexity index is 1120. The Balaban J connectivity index is 1.68. The maximum Gasteiger partial charge on any atom is 0.127 e. The lowest BCUT2D eigenvalue weighted by molar-refractivity contribution is 0.399. The van der Waals surface area contributed by atoms with Gasteiger partial charge in [-0.15, -0.1) is 0 Å². The van der Waals surface area contributed by atoms with Crippen molar-refractivity contribution >= 4 is 12.4 Å². The molecule has 0 saturated heterocycles. The van der Waals surface area contributed by atoms with Gasteiger partial charge in [0.2, 0.25) is 0 Å². The SMILES string of the molecule is CC(C)CCc1cc(C=NC2CCC(N=Cc3cc(CCC(C)C)cc(CCC(C)C)c3O)CC2)c(O)c(CCC(C)C)c1. The molecule has 0 atom stereocenters. The molecule has 2 aromatic rings. The normalized spacial score (nSPS) is 17.8. The van der Waals surface area contributed by atoms with E-state index in [-0.39, 0.29) is 12.1 Å². The number of aromatic hydroxyl groups is 2. The lowest BCUT2D eigenvalue weighted by Gasteiger charge is -2.23. The summed E-state index contributed by atoms with van der Waals surface area (Å²) < 4.78 is 0. The van der Waals surface area contributed by atoms with Gasteiger partial charge in [-0.05, 0) is 135 Å². The zero-order valence-corrected chi connectivity index (χ0v) is 29.2. The third-order valence-corrected chi connectivity index (χ3v) is 9.07. The highest BCUT2D eigenvalue weighted by Gasteiger charge is 2.20. The van der Waals surface area contributed by atoms with Crippen molar-refractivity contribution in [3.05, 3.63) is 57.6 Å². The quantitative estimate of drug-likeness (QED) is 0.188. The second-order valence-electron chi connectivity index (χ2n) is 15.1. The molecule has 1 aliphatic carbocycles. The molecule has 0 radical (unpaired) electrons. The Morgan fingerprint density at radius 1 is 0.545 bits per heavy atom. The average Bonchev–Trinajstić information content (AvgIpc) is 2.97. The fourth-order valence-electron chi connectivity index (χ4n) is 5.97. The van der Waals surface area contributed by atoms with Crippen LogP contribution in [0.25, 0.3) is 0 Å². The van der Waals surface area contributed by atoms with E-state index in [1.165, 1.54) is 11.1 Å². The van der Waals surface area contributed by atoms with Gasteiger partial charge in [0.15, 0.2) is 0 Å². The average molecular weight is 603 g/mol. The molecular formula is C40H62N2O2. The number of nitrogens with zero attached hydrogens (tertiary/aromatic N) is 2. The second kappa shape index (κ2) is 17.8. The topological polar surface area (TPSA) is 65.2 Å². The molecule has 0 spiro atoms. The van der Waals surface area contributed by atoms with Crippen LogP contribution in [0.3, 0.4) is 0 Å². The summed E-state index contributed by atoms with van der Waals surface area (Å²) in [6.07, 6.45) is 16.1. The molecular weight excluding hydrogens is 540 g/mol. The van der Waals surface area contributed by atoms with Crippen molar-refractivity contribution in [3.8, 4) is 11.5 Å². The summed E-state index contributed by atoms with van der Waals surface area (Å²) in [6.45, 7) is 18.0. The molecule has 3 rings (SSSR count). The van der Waals surface area contributed by atoms with Crippen molar-refractivity contribution in [2.24, 2.45) is 33.7 Å². The summed E-state index contributed by atoms with van der Waals surface area (Å²) in [5.41, 5.74) is 6.46. The first-order chi connectivity index (χ1) is 20.9. The van der Waals surface area contributed by atoms with Gasteiger partial charge < -0.3 is 10.2 Å². The Morgan fingerprint density at radius 3 is 1.18 bits per heavy atom. The summed E-state index contributed by atoms with van der Waals surface area (Å²) in [5, 5.41) is 22.2. The zero-order chi connectivity index (χ0) is 32.2. The predicted octanol–water partition coefficient (Wildman–Crippen LogP) is 10.3. The van der Waals surface area contributed by atoms with Gasteiger partial charge in [0.05, 0.1) is 12.1 Å². The minimum Gasteiger partial charge on any atom is -0.507 e. The van der Waals surface area contributed by atoms with Crippen molar-refractivity contribution < 1.29 is 10.2 Å². The summed E-state index contributed by atoms with van der Waals surface area (Å²) >= 11 is 0. The molecule has 2 aromatic carbocycles. The first-order valence-electron chi connectivity index (χ1n) is 17.7. The van der Waals surface area contributed by atoms with E-state index in [1.807, 2.05) is 12.4 Å². The van der Waals surface area contributed by atoms with Gasteiger partial charge in [0.25, 0.3) is 0 Å². The lowest BCUT2D eigenvalue weighted by atomic mass is 9.91. The third-order valence-electron chi connectivity index (χ3n) is 9.07. The van der Waals surface area contributed by atoms with Gasteiger partial charge in [-0.1, -0.05) is 67.5 Å². The maximum absolute atomic E-state index is 11.1. The van der Waals surface area contributed by atoms with Crippen LogP contribution in [0.5, 0.6) is 11.5 Å². The van der Waals surface area contributed by atoms with E-state index < -0.39 is 0 Å². The number of aliphatic imine (C=N–C) groups is 2. The van der Waals surface area contributed by atoms with Crippen LogP contribution in [0.1, 0.15) is 140 Å². The van der Waals surface area contributed by atoms with Crippen LogP contribution in [0.4, 0.5) is 0 Å². The van der Waals surface area contributed by atoms with Crippen molar-refractivity contribution in [1.82, 2.24) is 0 Å². The van der Waals surface area contributed by atoms with Gasteiger partial charge in [0, 0.05) is 23.6 Å². The maximum atomic E-state index is 11.1. The van der Waals surface area contributed by atoms with E-state index in [2.05, 4.69) is 79.7 Å². The number of phenolic OH excluding ortho intramolecular Hbond substituents is 2. The molecule has 0 aromatic heterocycles. The van der Waals surface area contributed by atoms with Crippen molar-refractivity contribution in [2.45, 2.75) is 145 Å². The Labute approximate surface area is 269 Å². The van der Waals surface area contributed by atoms with Gasteiger partial charge in [-0.25, -0.2) is 0 Å². The fraction of sp³-hybridized carbons (Fsp3) is 0.650. The van der Waals surface area contributed by atoms with E-state index in [0.717, 1.165) is 99.3 Å². The van der Waals surface area contributed by atoms with Crippen LogP contribution in [0.2, 0.25) is 0 Å². The molecule has 4 nitrogen and oxygen atoms in total. The first kappa shape index (κ1) is 35.9. The van der Waals surface area contributed by atoms with Gasteiger partial charge in [0.1, 0.15) is 11.5 Å². The van der Waals surface area contributed by atoms with E-state index >= 15 is 0 Å². The van der Waals surface area contributed by atoms with Crippen LogP contribution in [-0.2, 0) is 25.7 Å². The molecule has 44 heavy (non-hydrogen) atoms. The summed E-state index contributed by atoms with van der Waals surface area (Å²) in [6, 6.07) is 9.24. The third kappa shape index (κ3) is 12.1. The molecule has 0 bridgehead atoms. The highest BCUT2D eigenvalue weighted by molar-refractivity contribution is 5.85. The minimum atomic E-state index is 0.259. The first-order valence-corrected chi connectivity index (χ1v) is 17.7. The lowest BCUT2D eigenvalue weighted by Crippen LogP contribution is -2.20. The summed E-state index contributed by atoms with van der Waals surface area (Å²) in [4.78, 5) is 9.94. The number of phenols is 2.